The van der Waals surface area contributed by atoms with Crippen LogP contribution in [0, 0.1) is 0 Å². The van der Waals surface area contributed by atoms with Crippen LogP contribution in [0.4, 0.5) is 21.6 Å². The number of pyridine rings is 1. The van der Waals surface area contributed by atoms with Crippen molar-refractivity contribution in [1.29, 1.82) is 0 Å². The molecule has 4 aromatic rings. The Morgan fingerprint density at radius 1 is 1.22 bits per heavy atom. The summed E-state index contributed by atoms with van der Waals surface area (Å²) < 4.78 is 26.9. The first-order chi connectivity index (χ1) is 18.1. The predicted octanol–water partition coefficient (Wildman–Crippen LogP) is 3.96. The van der Waals surface area contributed by atoms with E-state index in [-0.39, 0.29) is 12.7 Å². The van der Waals surface area contributed by atoms with Crippen molar-refractivity contribution in [2.75, 3.05) is 57.3 Å². The number of imidazole rings is 1. The molecular formula is C27H30FN7O2. The van der Waals surface area contributed by atoms with Crippen LogP contribution >= 0.6 is 0 Å². The van der Waals surface area contributed by atoms with E-state index in [4.69, 9.17) is 14.5 Å². The van der Waals surface area contributed by atoms with Gasteiger partial charge in [0.1, 0.15) is 12.4 Å². The number of alkyl halides is 1. The maximum Gasteiger partial charge on any atom is 0.216 e. The Morgan fingerprint density at radius 2 is 2.14 bits per heavy atom. The molecule has 1 fully saturated rings. The largest absolute Gasteiger partial charge is 0.495 e. The Labute approximate surface area is 214 Å². The molecule has 1 aromatic carbocycles. The lowest BCUT2D eigenvalue weighted by Crippen LogP contribution is -2.52. The van der Waals surface area contributed by atoms with Crippen LogP contribution in [-0.2, 0) is 6.42 Å². The molecule has 6 rings (SSSR count). The van der Waals surface area contributed by atoms with Gasteiger partial charge in [-0.15, -0.1) is 0 Å². The summed E-state index contributed by atoms with van der Waals surface area (Å²) in [5.41, 5.74) is 5.30. The molecule has 0 saturated carbocycles. The van der Waals surface area contributed by atoms with Gasteiger partial charge < -0.3 is 24.1 Å². The van der Waals surface area contributed by atoms with Gasteiger partial charge in [-0.25, -0.2) is 19.3 Å². The summed E-state index contributed by atoms with van der Waals surface area (Å²) in [5, 5.41) is 3.43. The summed E-state index contributed by atoms with van der Waals surface area (Å²) in [4.78, 5) is 18.2. The summed E-state index contributed by atoms with van der Waals surface area (Å²) in [7, 11) is 3.63. The molecule has 1 saturated heterocycles. The molecule has 192 valence electrons. The van der Waals surface area contributed by atoms with Crippen LogP contribution in [0.15, 0.2) is 49.1 Å². The van der Waals surface area contributed by atoms with Crippen LogP contribution < -0.4 is 19.7 Å². The first kappa shape index (κ1) is 23.5. The molecule has 10 heteroatoms. The fourth-order valence-corrected chi connectivity index (χ4v) is 5.02. The zero-order valence-corrected chi connectivity index (χ0v) is 21.0. The minimum atomic E-state index is -0.371. The van der Waals surface area contributed by atoms with Gasteiger partial charge in [0.05, 0.1) is 31.1 Å². The zero-order chi connectivity index (χ0) is 25.4. The summed E-state index contributed by atoms with van der Waals surface area (Å²) in [5.74, 6) is 2.06. The number of fused-ring (bicyclic) bond motifs is 2. The molecule has 37 heavy (non-hydrogen) atoms. The van der Waals surface area contributed by atoms with Gasteiger partial charge in [-0.1, -0.05) is 0 Å². The van der Waals surface area contributed by atoms with Crippen molar-refractivity contribution in [3.8, 4) is 22.9 Å². The zero-order valence-electron chi connectivity index (χ0n) is 21.0. The number of ether oxygens (including phenoxy) is 2. The predicted molar refractivity (Wildman–Crippen MR) is 141 cm³/mol. The average Bonchev–Trinajstić information content (AvgIpc) is 3.42. The van der Waals surface area contributed by atoms with Gasteiger partial charge in [0.15, 0.2) is 11.5 Å². The van der Waals surface area contributed by atoms with E-state index in [2.05, 4.69) is 31.2 Å². The number of likely N-dealkylation sites (N-methyl/N-ethyl adjacent to an activating group) is 1. The number of nitrogens with zero attached hydrogens (tertiary/aromatic N) is 6. The Balaban J connectivity index is 1.31. The molecule has 2 aliphatic heterocycles. The van der Waals surface area contributed by atoms with E-state index in [1.165, 1.54) is 0 Å². The van der Waals surface area contributed by atoms with Crippen LogP contribution in [0.2, 0.25) is 0 Å². The molecule has 1 atom stereocenters. The fourth-order valence-electron chi connectivity index (χ4n) is 5.02. The number of rotatable bonds is 6. The third-order valence-corrected chi connectivity index (χ3v) is 7.16. The van der Waals surface area contributed by atoms with Gasteiger partial charge in [-0.3, -0.25) is 4.90 Å². The monoisotopic (exact) mass is 503 g/mol. The normalized spacial score (nSPS) is 17.9. The van der Waals surface area contributed by atoms with E-state index in [1.807, 2.05) is 42.0 Å². The number of aromatic nitrogens is 4. The van der Waals surface area contributed by atoms with Crippen molar-refractivity contribution in [2.45, 2.75) is 18.9 Å². The summed E-state index contributed by atoms with van der Waals surface area (Å²) in [6.45, 7) is 2.57. The average molecular weight is 504 g/mol. The molecule has 0 aliphatic carbocycles. The van der Waals surface area contributed by atoms with E-state index in [0.29, 0.717) is 30.5 Å². The van der Waals surface area contributed by atoms with Crippen LogP contribution in [0.25, 0.3) is 16.9 Å². The second-order valence-corrected chi connectivity index (χ2v) is 9.52. The number of aryl methyl sites for hydroxylation is 1. The van der Waals surface area contributed by atoms with Crippen molar-refractivity contribution in [1.82, 2.24) is 24.3 Å². The minimum Gasteiger partial charge on any atom is -0.495 e. The summed E-state index contributed by atoms with van der Waals surface area (Å²) in [6.07, 6.45) is 9.35. The number of methoxy groups -OCH3 is 1. The highest BCUT2D eigenvalue weighted by atomic mass is 19.1. The quantitative estimate of drug-likeness (QED) is 0.424. The summed E-state index contributed by atoms with van der Waals surface area (Å²) >= 11 is 0. The van der Waals surface area contributed by atoms with E-state index < -0.39 is 0 Å². The van der Waals surface area contributed by atoms with Gasteiger partial charge in [0.25, 0.3) is 0 Å². The van der Waals surface area contributed by atoms with Gasteiger partial charge in [-0.05, 0) is 38.1 Å². The second-order valence-electron chi connectivity index (χ2n) is 9.52. The number of nitrogens with one attached hydrogen (secondary N) is 1. The van der Waals surface area contributed by atoms with Crippen molar-refractivity contribution in [3.05, 3.63) is 54.6 Å². The first-order valence-corrected chi connectivity index (χ1v) is 12.5. The molecule has 0 bridgehead atoms. The van der Waals surface area contributed by atoms with Crippen LogP contribution in [-0.4, -0.2) is 77.4 Å². The molecule has 0 radical (unpaired) electrons. The van der Waals surface area contributed by atoms with Crippen LogP contribution in [0.5, 0.6) is 11.6 Å². The Bertz CT molecular complexity index is 1430. The minimum absolute atomic E-state index is 0.124. The highest BCUT2D eigenvalue weighted by molar-refractivity contribution is 5.76. The fraction of sp³-hybridized carbons (Fsp3) is 0.370. The van der Waals surface area contributed by atoms with Gasteiger partial charge in [0, 0.05) is 67.3 Å². The molecule has 0 amide bonds. The SMILES string of the molecule is COc1cc(Nc2nc(-c3cnc4c(c3)CCCO4)cn3ccnc23)ccc1N1CCN(C)C(CF)C1. The van der Waals surface area contributed by atoms with Crippen molar-refractivity contribution in [3.63, 3.8) is 0 Å². The van der Waals surface area contributed by atoms with E-state index in [9.17, 15) is 4.39 Å². The number of benzene rings is 1. The van der Waals surface area contributed by atoms with Gasteiger partial charge in [-0.2, -0.15) is 0 Å². The highest BCUT2D eigenvalue weighted by Gasteiger charge is 2.26. The number of hydrogen-bond donors (Lipinski definition) is 1. The summed E-state index contributed by atoms with van der Waals surface area (Å²) in [6, 6.07) is 7.94. The van der Waals surface area contributed by atoms with E-state index >= 15 is 0 Å². The second kappa shape index (κ2) is 9.85. The maximum absolute atomic E-state index is 13.5. The molecule has 5 heterocycles. The third-order valence-electron chi connectivity index (χ3n) is 7.16. The molecule has 1 N–H and O–H groups in total. The lowest BCUT2D eigenvalue weighted by molar-refractivity contribution is 0.183. The van der Waals surface area contributed by atoms with E-state index in [0.717, 1.165) is 59.9 Å². The number of piperazine rings is 1. The molecule has 3 aromatic heterocycles. The Kier molecular flexibility index (Phi) is 6.25. The lowest BCUT2D eigenvalue weighted by Gasteiger charge is -2.39. The third kappa shape index (κ3) is 4.53. The molecule has 2 aliphatic rings. The number of halogens is 1. The highest BCUT2D eigenvalue weighted by Crippen LogP contribution is 2.35. The van der Waals surface area contributed by atoms with Crippen molar-refractivity contribution >= 4 is 22.8 Å². The van der Waals surface area contributed by atoms with Gasteiger partial charge in [0.2, 0.25) is 5.88 Å². The maximum atomic E-state index is 13.5. The van der Waals surface area contributed by atoms with Crippen molar-refractivity contribution in [2.24, 2.45) is 0 Å². The molecule has 1 unspecified atom stereocenters. The van der Waals surface area contributed by atoms with Gasteiger partial charge >= 0.3 is 0 Å². The topological polar surface area (TPSA) is 80.0 Å². The number of hydrogen-bond acceptors (Lipinski definition) is 8. The van der Waals surface area contributed by atoms with Crippen molar-refractivity contribution < 1.29 is 13.9 Å². The molecular weight excluding hydrogens is 473 g/mol. The Hall–Kier alpha value is -3.92. The molecule has 9 nitrogen and oxygen atoms in total. The standard InChI is InChI=1S/C27H30FN7O2/c1-33-9-10-34(16-21(33)14-28)23-6-5-20(13-24(23)36-2)31-25-26-29-7-8-35(26)17-22(32-25)19-12-18-4-3-11-37-27(18)30-15-19/h5-8,12-13,15,17,21H,3-4,9-11,14,16H2,1-2H3,(H,31,32). The van der Waals surface area contributed by atoms with Crippen LogP contribution in [0.3, 0.4) is 0 Å². The van der Waals surface area contributed by atoms with E-state index in [1.54, 1.807) is 19.5 Å². The lowest BCUT2D eigenvalue weighted by atomic mass is 10.1. The Morgan fingerprint density at radius 3 is 3.00 bits per heavy atom. The molecule has 0 spiro atoms. The first-order valence-electron chi connectivity index (χ1n) is 12.5. The van der Waals surface area contributed by atoms with Crippen LogP contribution in [0.1, 0.15) is 12.0 Å². The number of anilines is 3. The smallest absolute Gasteiger partial charge is 0.216 e.